The zero-order valence-electron chi connectivity index (χ0n) is 11.3. The third kappa shape index (κ3) is 4.54. The van der Waals surface area contributed by atoms with Crippen molar-refractivity contribution in [2.24, 2.45) is 0 Å². The Morgan fingerprint density at radius 3 is 2.85 bits per heavy atom. The Kier molecular flexibility index (Phi) is 5.94. The number of hydrogen-bond donors (Lipinski definition) is 2. The Bertz CT molecular complexity index is 464. The van der Waals surface area contributed by atoms with Gasteiger partial charge in [0.1, 0.15) is 5.82 Å². The summed E-state index contributed by atoms with van der Waals surface area (Å²) >= 11 is 3.08. The third-order valence-electron chi connectivity index (χ3n) is 3.33. The van der Waals surface area contributed by atoms with E-state index >= 15 is 0 Å². The van der Waals surface area contributed by atoms with Crippen LogP contribution >= 0.6 is 15.9 Å². The summed E-state index contributed by atoms with van der Waals surface area (Å²) in [4.78, 5) is 14.3. The van der Waals surface area contributed by atoms with Gasteiger partial charge in [0.05, 0.1) is 4.47 Å². The molecule has 0 bridgehead atoms. The number of piperazine rings is 1. The fourth-order valence-corrected chi connectivity index (χ4v) is 2.56. The Hall–Kier alpha value is -0.980. The maximum atomic E-state index is 13.1. The van der Waals surface area contributed by atoms with Gasteiger partial charge in [-0.25, -0.2) is 4.39 Å². The van der Waals surface area contributed by atoms with Crippen molar-refractivity contribution in [3.05, 3.63) is 34.1 Å². The summed E-state index contributed by atoms with van der Waals surface area (Å²) in [5, 5.41) is 6.17. The topological polar surface area (TPSA) is 44.4 Å². The molecule has 1 aromatic carbocycles. The van der Waals surface area contributed by atoms with E-state index in [0.29, 0.717) is 16.6 Å². The van der Waals surface area contributed by atoms with Crippen molar-refractivity contribution in [1.82, 2.24) is 15.5 Å². The molecule has 2 rings (SSSR count). The molecule has 6 heteroatoms. The van der Waals surface area contributed by atoms with Crippen LogP contribution in [0.4, 0.5) is 4.39 Å². The van der Waals surface area contributed by atoms with Crippen molar-refractivity contribution in [3.8, 4) is 0 Å². The van der Waals surface area contributed by atoms with Gasteiger partial charge in [0.15, 0.2) is 0 Å². The summed E-state index contributed by atoms with van der Waals surface area (Å²) in [6.07, 6.45) is 0.925. The summed E-state index contributed by atoms with van der Waals surface area (Å²) in [5.74, 6) is -0.522. The second-order valence-corrected chi connectivity index (χ2v) is 5.68. The first-order valence-electron chi connectivity index (χ1n) is 6.83. The van der Waals surface area contributed by atoms with Crippen LogP contribution in [0.3, 0.4) is 0 Å². The Labute approximate surface area is 126 Å². The van der Waals surface area contributed by atoms with Crippen LogP contribution in [-0.4, -0.2) is 50.1 Å². The summed E-state index contributed by atoms with van der Waals surface area (Å²) in [6, 6.07) is 4.28. The fourth-order valence-electron chi connectivity index (χ4n) is 2.18. The molecule has 1 saturated heterocycles. The molecule has 0 unspecified atom stereocenters. The van der Waals surface area contributed by atoms with Crippen LogP contribution in [0.1, 0.15) is 16.8 Å². The highest BCUT2D eigenvalue weighted by Gasteiger charge is 2.10. The lowest BCUT2D eigenvalue weighted by atomic mass is 10.2. The van der Waals surface area contributed by atoms with Crippen LogP contribution < -0.4 is 10.6 Å². The third-order valence-corrected chi connectivity index (χ3v) is 3.94. The molecule has 0 aliphatic carbocycles. The van der Waals surface area contributed by atoms with E-state index in [1.54, 1.807) is 0 Å². The highest BCUT2D eigenvalue weighted by atomic mass is 79.9. The molecular formula is C14H19BrFN3O. The first-order valence-corrected chi connectivity index (χ1v) is 7.62. The molecule has 1 aromatic rings. The van der Waals surface area contributed by atoms with E-state index in [-0.39, 0.29) is 11.7 Å². The number of carbonyl (C=O) groups excluding carboxylic acids is 1. The van der Waals surface area contributed by atoms with Gasteiger partial charge in [-0.05, 0) is 47.1 Å². The molecule has 1 aliphatic heterocycles. The van der Waals surface area contributed by atoms with E-state index in [0.717, 1.165) is 39.1 Å². The summed E-state index contributed by atoms with van der Waals surface area (Å²) < 4.78 is 13.4. The average Bonchev–Trinajstić information content (AvgIpc) is 2.47. The molecule has 2 N–H and O–H groups in total. The highest BCUT2D eigenvalue weighted by molar-refractivity contribution is 9.10. The number of benzene rings is 1. The number of carbonyl (C=O) groups is 1. The van der Waals surface area contributed by atoms with Gasteiger partial charge < -0.3 is 15.5 Å². The second kappa shape index (κ2) is 7.71. The quantitative estimate of drug-likeness (QED) is 0.798. The van der Waals surface area contributed by atoms with Gasteiger partial charge in [0.25, 0.3) is 5.91 Å². The zero-order chi connectivity index (χ0) is 14.4. The van der Waals surface area contributed by atoms with E-state index in [9.17, 15) is 9.18 Å². The van der Waals surface area contributed by atoms with Crippen LogP contribution in [0.25, 0.3) is 0 Å². The van der Waals surface area contributed by atoms with Crippen LogP contribution in [-0.2, 0) is 0 Å². The number of nitrogens with zero attached hydrogens (tertiary/aromatic N) is 1. The predicted octanol–water partition coefficient (Wildman–Crippen LogP) is 1.61. The number of halogens is 2. The van der Waals surface area contributed by atoms with Gasteiger partial charge in [-0.15, -0.1) is 0 Å². The molecule has 0 aromatic heterocycles. The molecule has 0 saturated carbocycles. The zero-order valence-corrected chi connectivity index (χ0v) is 12.9. The van der Waals surface area contributed by atoms with E-state index in [1.807, 2.05) is 0 Å². The molecule has 0 spiro atoms. The van der Waals surface area contributed by atoms with Crippen LogP contribution in [0.15, 0.2) is 22.7 Å². The molecule has 1 amide bonds. The minimum absolute atomic E-state index is 0.161. The molecule has 0 radical (unpaired) electrons. The molecule has 20 heavy (non-hydrogen) atoms. The van der Waals surface area contributed by atoms with Crippen molar-refractivity contribution >= 4 is 21.8 Å². The average molecular weight is 344 g/mol. The number of nitrogens with one attached hydrogen (secondary N) is 2. The summed E-state index contributed by atoms with van der Waals surface area (Å²) in [5.41, 5.74) is 0.473. The lowest BCUT2D eigenvalue weighted by Crippen LogP contribution is -2.44. The molecule has 1 aliphatic rings. The van der Waals surface area contributed by atoms with Gasteiger partial charge in [-0.2, -0.15) is 0 Å². The van der Waals surface area contributed by atoms with E-state index in [2.05, 4.69) is 31.5 Å². The summed E-state index contributed by atoms with van der Waals surface area (Å²) in [6.45, 7) is 5.84. The number of amides is 1. The van der Waals surface area contributed by atoms with Gasteiger partial charge in [-0.1, -0.05) is 0 Å². The lowest BCUT2D eigenvalue weighted by Gasteiger charge is -2.27. The maximum Gasteiger partial charge on any atom is 0.251 e. The van der Waals surface area contributed by atoms with Gasteiger partial charge in [0.2, 0.25) is 0 Å². The Morgan fingerprint density at radius 1 is 1.40 bits per heavy atom. The highest BCUT2D eigenvalue weighted by Crippen LogP contribution is 2.16. The van der Waals surface area contributed by atoms with Gasteiger partial charge >= 0.3 is 0 Å². The van der Waals surface area contributed by atoms with Crippen LogP contribution in [0.5, 0.6) is 0 Å². The van der Waals surface area contributed by atoms with Crippen molar-refractivity contribution in [3.63, 3.8) is 0 Å². The molecule has 110 valence electrons. The fraction of sp³-hybridized carbons (Fsp3) is 0.500. The van der Waals surface area contributed by atoms with Crippen molar-refractivity contribution in [2.45, 2.75) is 6.42 Å². The maximum absolute atomic E-state index is 13.1. The SMILES string of the molecule is O=C(NCCCN1CCNCC1)c1ccc(F)c(Br)c1. The minimum Gasteiger partial charge on any atom is -0.352 e. The second-order valence-electron chi connectivity index (χ2n) is 4.83. The van der Waals surface area contributed by atoms with Crippen molar-refractivity contribution in [2.75, 3.05) is 39.3 Å². The van der Waals surface area contributed by atoms with E-state index < -0.39 is 0 Å². The lowest BCUT2D eigenvalue weighted by molar-refractivity contribution is 0.0951. The molecule has 1 heterocycles. The summed E-state index contributed by atoms with van der Waals surface area (Å²) in [7, 11) is 0. The molecule has 1 fully saturated rings. The normalized spacial score (nSPS) is 16.1. The predicted molar refractivity (Wildman–Crippen MR) is 80.4 cm³/mol. The van der Waals surface area contributed by atoms with Gasteiger partial charge in [-0.3, -0.25) is 4.79 Å². The molecule has 4 nitrogen and oxygen atoms in total. The van der Waals surface area contributed by atoms with Crippen molar-refractivity contribution < 1.29 is 9.18 Å². The van der Waals surface area contributed by atoms with Crippen LogP contribution in [0, 0.1) is 5.82 Å². The number of hydrogen-bond acceptors (Lipinski definition) is 3. The largest absolute Gasteiger partial charge is 0.352 e. The molecular weight excluding hydrogens is 325 g/mol. The number of rotatable bonds is 5. The van der Waals surface area contributed by atoms with Crippen LogP contribution in [0.2, 0.25) is 0 Å². The minimum atomic E-state index is -0.361. The Morgan fingerprint density at radius 2 is 2.15 bits per heavy atom. The van der Waals surface area contributed by atoms with Crippen molar-refractivity contribution in [1.29, 1.82) is 0 Å². The Balaban J connectivity index is 1.70. The monoisotopic (exact) mass is 343 g/mol. The van der Waals surface area contributed by atoms with E-state index in [4.69, 9.17) is 0 Å². The van der Waals surface area contributed by atoms with E-state index in [1.165, 1.54) is 18.2 Å². The van der Waals surface area contributed by atoms with Gasteiger partial charge in [0, 0.05) is 38.3 Å². The first-order chi connectivity index (χ1) is 9.66. The first kappa shape index (κ1) is 15.4. The molecule has 0 atom stereocenters. The standard InChI is InChI=1S/C14H19BrFN3O/c15-12-10-11(2-3-13(12)16)14(20)18-4-1-7-19-8-5-17-6-9-19/h2-3,10,17H,1,4-9H2,(H,18,20). The smallest absolute Gasteiger partial charge is 0.251 e.